The van der Waals surface area contributed by atoms with E-state index in [1.165, 1.54) is 12.1 Å². The quantitative estimate of drug-likeness (QED) is 0.786. The lowest BCUT2D eigenvalue weighted by atomic mass is 9.82. The number of alkyl halides is 3. The van der Waals surface area contributed by atoms with Crippen LogP contribution in [0, 0.1) is 0 Å². The zero-order chi connectivity index (χ0) is 16.9. The third-order valence-corrected chi connectivity index (χ3v) is 4.02. The van der Waals surface area contributed by atoms with Crippen molar-refractivity contribution in [2.75, 3.05) is 13.2 Å². The van der Waals surface area contributed by atoms with Crippen LogP contribution in [0.4, 0.5) is 13.2 Å². The van der Waals surface area contributed by atoms with Crippen LogP contribution in [0.1, 0.15) is 37.7 Å². The predicted molar refractivity (Wildman–Crippen MR) is 87.2 cm³/mol. The van der Waals surface area contributed by atoms with Gasteiger partial charge in [-0.25, -0.2) is 0 Å². The molecule has 0 saturated heterocycles. The van der Waals surface area contributed by atoms with Gasteiger partial charge in [-0.3, -0.25) is 4.79 Å². The molecular formula is C16H22ClF3N2O2. The number of carbonyl (C=O) groups is 1. The van der Waals surface area contributed by atoms with Gasteiger partial charge in [0.15, 0.2) is 0 Å². The lowest BCUT2D eigenvalue weighted by Gasteiger charge is -2.31. The van der Waals surface area contributed by atoms with E-state index in [0.717, 1.165) is 31.4 Å². The summed E-state index contributed by atoms with van der Waals surface area (Å²) < 4.78 is 43.0. The summed E-state index contributed by atoms with van der Waals surface area (Å²) in [7, 11) is 0. The molecule has 0 radical (unpaired) electrons. The second-order valence-electron chi connectivity index (χ2n) is 5.85. The van der Waals surface area contributed by atoms with Gasteiger partial charge >= 0.3 is 6.18 Å². The smallest absolute Gasteiger partial charge is 0.416 e. The fourth-order valence-corrected chi connectivity index (χ4v) is 2.68. The van der Waals surface area contributed by atoms with E-state index in [0.29, 0.717) is 12.8 Å². The van der Waals surface area contributed by atoms with Gasteiger partial charge in [0.1, 0.15) is 12.4 Å². The van der Waals surface area contributed by atoms with Gasteiger partial charge in [-0.05, 0) is 31.0 Å². The largest absolute Gasteiger partial charge is 0.492 e. The summed E-state index contributed by atoms with van der Waals surface area (Å²) in [6.45, 7) is 0.289. The van der Waals surface area contributed by atoms with Crippen LogP contribution in [0.5, 0.6) is 5.75 Å². The van der Waals surface area contributed by atoms with Gasteiger partial charge in [0.2, 0.25) is 5.91 Å². The first-order valence-corrected chi connectivity index (χ1v) is 7.68. The summed E-state index contributed by atoms with van der Waals surface area (Å²) >= 11 is 0. The normalized spacial score (nSPS) is 16.8. The molecule has 1 aromatic rings. The van der Waals surface area contributed by atoms with Crippen molar-refractivity contribution in [1.82, 2.24) is 5.32 Å². The number of amides is 1. The minimum absolute atomic E-state index is 0. The molecule has 0 aromatic heterocycles. The van der Waals surface area contributed by atoms with Gasteiger partial charge in [0, 0.05) is 0 Å². The molecule has 0 spiro atoms. The number of rotatable bonds is 5. The molecule has 8 heteroatoms. The number of hydrogen-bond donors (Lipinski definition) is 2. The van der Waals surface area contributed by atoms with Crippen LogP contribution in [-0.4, -0.2) is 24.6 Å². The van der Waals surface area contributed by atoms with E-state index in [1.807, 2.05) is 0 Å². The van der Waals surface area contributed by atoms with Crippen LogP contribution in [-0.2, 0) is 11.0 Å². The van der Waals surface area contributed by atoms with Crippen molar-refractivity contribution < 1.29 is 22.7 Å². The Morgan fingerprint density at radius 3 is 2.54 bits per heavy atom. The molecule has 136 valence electrons. The van der Waals surface area contributed by atoms with E-state index in [-0.39, 0.29) is 37.2 Å². The van der Waals surface area contributed by atoms with Gasteiger partial charge in [-0.2, -0.15) is 13.2 Å². The SMILES string of the molecule is Cl.NC1(C(=O)NCCOc2cccc(C(F)(F)F)c2)CCCCC1. The number of halogens is 4. The monoisotopic (exact) mass is 366 g/mol. The van der Waals surface area contributed by atoms with Crippen LogP contribution in [0.25, 0.3) is 0 Å². The van der Waals surface area contributed by atoms with E-state index in [1.54, 1.807) is 0 Å². The van der Waals surface area contributed by atoms with E-state index in [9.17, 15) is 18.0 Å². The van der Waals surface area contributed by atoms with E-state index in [4.69, 9.17) is 10.5 Å². The van der Waals surface area contributed by atoms with Crippen molar-refractivity contribution >= 4 is 18.3 Å². The maximum Gasteiger partial charge on any atom is 0.416 e. The standard InChI is InChI=1S/C16H21F3N2O2.ClH/c17-16(18,19)12-5-4-6-13(11-12)23-10-9-21-14(22)15(20)7-2-1-3-8-15;/h4-6,11H,1-3,7-10,20H2,(H,21,22);1H. The summed E-state index contributed by atoms with van der Waals surface area (Å²) in [5.41, 5.74) is 4.50. The van der Waals surface area contributed by atoms with Crippen LogP contribution in [0.3, 0.4) is 0 Å². The maximum absolute atomic E-state index is 12.6. The number of hydrogen-bond acceptors (Lipinski definition) is 3. The van der Waals surface area contributed by atoms with Crippen molar-refractivity contribution in [3.05, 3.63) is 29.8 Å². The summed E-state index contributed by atoms with van der Waals surface area (Å²) in [5.74, 6) is -0.0981. The van der Waals surface area contributed by atoms with Crippen LogP contribution in [0.2, 0.25) is 0 Å². The highest BCUT2D eigenvalue weighted by atomic mass is 35.5. The lowest BCUT2D eigenvalue weighted by Crippen LogP contribution is -2.55. The molecule has 0 heterocycles. The average molecular weight is 367 g/mol. The Morgan fingerprint density at radius 2 is 1.92 bits per heavy atom. The van der Waals surface area contributed by atoms with E-state index in [2.05, 4.69) is 5.32 Å². The zero-order valence-electron chi connectivity index (χ0n) is 13.2. The van der Waals surface area contributed by atoms with E-state index >= 15 is 0 Å². The number of carbonyl (C=O) groups excluding carboxylic acids is 1. The molecule has 1 aliphatic carbocycles. The third kappa shape index (κ3) is 5.56. The Morgan fingerprint density at radius 1 is 1.25 bits per heavy atom. The van der Waals surface area contributed by atoms with Gasteiger partial charge in [0.25, 0.3) is 0 Å². The summed E-state index contributed by atoms with van der Waals surface area (Å²) in [5, 5.41) is 2.70. The van der Waals surface area contributed by atoms with Crippen molar-refractivity contribution in [3.8, 4) is 5.75 Å². The minimum Gasteiger partial charge on any atom is -0.492 e. The molecule has 0 aliphatic heterocycles. The molecule has 0 bridgehead atoms. The molecule has 1 aliphatic rings. The molecule has 1 amide bonds. The highest BCUT2D eigenvalue weighted by molar-refractivity contribution is 5.86. The van der Waals surface area contributed by atoms with Gasteiger partial charge < -0.3 is 15.8 Å². The van der Waals surface area contributed by atoms with Crippen molar-refractivity contribution in [2.45, 2.75) is 43.8 Å². The Balaban J connectivity index is 0.00000288. The topological polar surface area (TPSA) is 64.4 Å². The fraction of sp³-hybridized carbons (Fsp3) is 0.562. The molecule has 0 atom stereocenters. The van der Waals surface area contributed by atoms with Crippen LogP contribution in [0.15, 0.2) is 24.3 Å². The number of nitrogens with one attached hydrogen (secondary N) is 1. The average Bonchev–Trinajstić information content (AvgIpc) is 2.51. The number of ether oxygens (including phenoxy) is 1. The summed E-state index contributed by atoms with van der Waals surface area (Å²) in [6, 6.07) is 4.65. The molecule has 1 saturated carbocycles. The Kier molecular flexibility index (Phi) is 7.35. The highest BCUT2D eigenvalue weighted by Gasteiger charge is 2.35. The predicted octanol–water partition coefficient (Wildman–Crippen LogP) is 3.28. The number of nitrogens with two attached hydrogens (primary N) is 1. The van der Waals surface area contributed by atoms with Crippen molar-refractivity contribution in [1.29, 1.82) is 0 Å². The minimum atomic E-state index is -4.40. The second-order valence-corrected chi connectivity index (χ2v) is 5.85. The molecule has 24 heavy (non-hydrogen) atoms. The summed E-state index contributed by atoms with van der Waals surface area (Å²) in [4.78, 5) is 12.1. The second kappa shape index (κ2) is 8.58. The molecule has 3 N–H and O–H groups in total. The Hall–Kier alpha value is -1.47. The molecule has 2 rings (SSSR count). The van der Waals surface area contributed by atoms with Gasteiger partial charge in [0.05, 0.1) is 17.6 Å². The molecule has 1 aromatic carbocycles. The first-order valence-electron chi connectivity index (χ1n) is 7.68. The van der Waals surface area contributed by atoms with Gasteiger partial charge in [-0.15, -0.1) is 12.4 Å². The molecule has 0 unspecified atom stereocenters. The van der Waals surface area contributed by atoms with Crippen molar-refractivity contribution in [2.24, 2.45) is 5.73 Å². The maximum atomic E-state index is 12.6. The Labute approximate surface area is 145 Å². The first-order chi connectivity index (χ1) is 10.8. The lowest BCUT2D eigenvalue weighted by molar-refractivity contribution is -0.137. The molecule has 4 nitrogen and oxygen atoms in total. The summed E-state index contributed by atoms with van der Waals surface area (Å²) in [6.07, 6.45) is -0.124. The number of benzene rings is 1. The van der Waals surface area contributed by atoms with Crippen LogP contribution < -0.4 is 15.8 Å². The first kappa shape index (κ1) is 20.6. The van der Waals surface area contributed by atoms with E-state index < -0.39 is 17.3 Å². The van der Waals surface area contributed by atoms with Gasteiger partial charge in [-0.1, -0.05) is 25.3 Å². The third-order valence-electron chi connectivity index (χ3n) is 4.02. The zero-order valence-corrected chi connectivity index (χ0v) is 14.0. The van der Waals surface area contributed by atoms with Crippen molar-refractivity contribution in [3.63, 3.8) is 0 Å². The Bertz CT molecular complexity index is 546. The molecule has 1 fully saturated rings. The molecular weight excluding hydrogens is 345 g/mol. The van der Waals surface area contributed by atoms with Crippen LogP contribution >= 0.6 is 12.4 Å². The highest BCUT2D eigenvalue weighted by Crippen LogP contribution is 2.31. The fourth-order valence-electron chi connectivity index (χ4n) is 2.68.